The van der Waals surface area contributed by atoms with Crippen LogP contribution in [-0.2, 0) is 24.3 Å². The fraction of sp³-hybridized carbons (Fsp3) is 0.579. The topological polar surface area (TPSA) is 105 Å². The predicted octanol–water partition coefficient (Wildman–Crippen LogP) is 0.135. The molecule has 1 atom stereocenters. The Hall–Kier alpha value is -2.17. The second kappa shape index (κ2) is 9.10. The minimum absolute atomic E-state index is 0.0109. The molecule has 9 nitrogen and oxygen atoms in total. The van der Waals surface area contributed by atoms with Crippen molar-refractivity contribution in [1.29, 1.82) is 0 Å². The lowest BCUT2D eigenvalue weighted by molar-refractivity contribution is -0.126. The number of carbonyl (C=O) groups excluding carboxylic acids is 2. The van der Waals surface area contributed by atoms with Crippen LogP contribution in [0.5, 0.6) is 5.75 Å². The Kier molecular flexibility index (Phi) is 6.76. The maximum Gasteiger partial charge on any atom is 0.227 e. The first kappa shape index (κ1) is 21.5. The predicted molar refractivity (Wildman–Crippen MR) is 107 cm³/mol. The third-order valence-electron chi connectivity index (χ3n) is 5.14. The van der Waals surface area contributed by atoms with Gasteiger partial charge in [-0.3, -0.25) is 9.59 Å². The summed E-state index contributed by atoms with van der Waals surface area (Å²) in [4.78, 5) is 26.5. The van der Waals surface area contributed by atoms with Gasteiger partial charge in [0.15, 0.2) is 0 Å². The first-order valence-corrected chi connectivity index (χ1v) is 11.2. The smallest absolute Gasteiger partial charge is 0.227 e. The van der Waals surface area contributed by atoms with Crippen LogP contribution in [-0.4, -0.2) is 76.8 Å². The zero-order chi connectivity index (χ0) is 21.0. The summed E-state index contributed by atoms with van der Waals surface area (Å²) in [6.45, 7) is 3.60. The van der Waals surface area contributed by atoms with Crippen molar-refractivity contribution in [1.82, 2.24) is 9.62 Å². The van der Waals surface area contributed by atoms with Gasteiger partial charge in [0.2, 0.25) is 21.8 Å². The normalized spacial score (nSPS) is 20.7. The summed E-state index contributed by atoms with van der Waals surface area (Å²) < 4.78 is 36.5. The summed E-state index contributed by atoms with van der Waals surface area (Å²) in [5.41, 5.74) is 1.62. The van der Waals surface area contributed by atoms with E-state index in [0.29, 0.717) is 37.7 Å². The first-order chi connectivity index (χ1) is 13.8. The molecule has 0 spiro atoms. The zero-order valence-corrected chi connectivity index (χ0v) is 17.5. The highest BCUT2D eigenvalue weighted by molar-refractivity contribution is 7.89. The van der Waals surface area contributed by atoms with E-state index in [1.54, 1.807) is 11.0 Å². The van der Waals surface area contributed by atoms with Gasteiger partial charge in [0.25, 0.3) is 0 Å². The number of nitrogens with one attached hydrogen (secondary N) is 1. The fourth-order valence-corrected chi connectivity index (χ4v) is 4.85. The van der Waals surface area contributed by atoms with Crippen molar-refractivity contribution in [2.45, 2.75) is 13.3 Å². The maximum absolute atomic E-state index is 12.5. The highest BCUT2D eigenvalue weighted by Crippen LogP contribution is 2.33. The van der Waals surface area contributed by atoms with Gasteiger partial charge in [0, 0.05) is 32.6 Å². The van der Waals surface area contributed by atoms with Gasteiger partial charge in [0.05, 0.1) is 37.7 Å². The van der Waals surface area contributed by atoms with Gasteiger partial charge in [-0.05, 0) is 24.6 Å². The number of rotatable bonds is 7. The highest BCUT2D eigenvalue weighted by Gasteiger charge is 2.36. The molecule has 0 aliphatic carbocycles. The van der Waals surface area contributed by atoms with Crippen LogP contribution >= 0.6 is 0 Å². The van der Waals surface area contributed by atoms with Crippen molar-refractivity contribution < 1.29 is 27.5 Å². The molecular formula is C19H27N3O6S. The van der Waals surface area contributed by atoms with Crippen LogP contribution in [0.1, 0.15) is 12.0 Å². The second-order valence-electron chi connectivity index (χ2n) is 7.20. The Morgan fingerprint density at radius 2 is 2.03 bits per heavy atom. The van der Waals surface area contributed by atoms with Crippen LogP contribution in [0.4, 0.5) is 5.69 Å². The van der Waals surface area contributed by atoms with Crippen molar-refractivity contribution in [2.24, 2.45) is 5.92 Å². The van der Waals surface area contributed by atoms with E-state index < -0.39 is 15.9 Å². The van der Waals surface area contributed by atoms with Gasteiger partial charge in [-0.1, -0.05) is 6.07 Å². The summed E-state index contributed by atoms with van der Waals surface area (Å²) in [5, 5.41) is 2.67. The third kappa shape index (κ3) is 5.06. The van der Waals surface area contributed by atoms with Crippen molar-refractivity contribution in [3.05, 3.63) is 23.8 Å². The van der Waals surface area contributed by atoms with Gasteiger partial charge in [-0.15, -0.1) is 0 Å². The van der Waals surface area contributed by atoms with Crippen molar-refractivity contribution in [3.63, 3.8) is 0 Å². The minimum Gasteiger partial charge on any atom is -0.495 e. The van der Waals surface area contributed by atoms with Gasteiger partial charge >= 0.3 is 0 Å². The largest absolute Gasteiger partial charge is 0.495 e. The van der Waals surface area contributed by atoms with E-state index in [-0.39, 0.29) is 37.1 Å². The van der Waals surface area contributed by atoms with E-state index in [0.717, 1.165) is 5.56 Å². The molecule has 2 fully saturated rings. The van der Waals surface area contributed by atoms with Crippen LogP contribution in [0.25, 0.3) is 0 Å². The molecule has 1 aromatic rings. The van der Waals surface area contributed by atoms with Gasteiger partial charge in [-0.2, -0.15) is 4.31 Å². The molecule has 3 rings (SSSR count). The molecule has 2 heterocycles. The average molecular weight is 426 g/mol. The number of methoxy groups -OCH3 is 1. The SMILES string of the molecule is COc1ccc(C)cc1N1CC(C(=O)NCCS(=O)(=O)N2CCOCC2)CC1=O. The van der Waals surface area contributed by atoms with E-state index in [9.17, 15) is 18.0 Å². The van der Waals surface area contributed by atoms with E-state index in [2.05, 4.69) is 5.32 Å². The molecule has 0 radical (unpaired) electrons. The van der Waals surface area contributed by atoms with Crippen LogP contribution in [0, 0.1) is 12.8 Å². The third-order valence-corrected chi connectivity index (χ3v) is 7.02. The van der Waals surface area contributed by atoms with Crippen molar-refractivity contribution in [2.75, 3.05) is 57.2 Å². The fourth-order valence-electron chi connectivity index (χ4n) is 3.53. The number of amides is 2. The number of benzene rings is 1. The van der Waals surface area contributed by atoms with E-state index in [4.69, 9.17) is 9.47 Å². The Bertz CT molecular complexity index is 867. The maximum atomic E-state index is 12.5. The van der Waals surface area contributed by atoms with Crippen LogP contribution in [0.15, 0.2) is 18.2 Å². The summed E-state index contributed by atoms with van der Waals surface area (Å²) >= 11 is 0. The Balaban J connectivity index is 1.56. The number of morpholine rings is 1. The summed E-state index contributed by atoms with van der Waals surface area (Å²) in [7, 11) is -1.90. The standard InChI is InChI=1S/C19H27N3O6S/c1-14-3-4-17(27-2)16(11-14)22-13-15(12-18(22)23)19(24)20-5-10-29(25,26)21-6-8-28-9-7-21/h3-4,11,15H,5-10,12-13H2,1-2H3,(H,20,24). The van der Waals surface area contributed by atoms with E-state index >= 15 is 0 Å². The zero-order valence-electron chi connectivity index (χ0n) is 16.7. The molecule has 0 bridgehead atoms. The number of sulfonamides is 1. The number of carbonyl (C=O) groups is 2. The molecule has 160 valence electrons. The molecule has 2 saturated heterocycles. The molecule has 2 aliphatic heterocycles. The van der Waals surface area contributed by atoms with E-state index in [1.807, 2.05) is 19.1 Å². The van der Waals surface area contributed by atoms with Gasteiger partial charge in [-0.25, -0.2) is 8.42 Å². The Morgan fingerprint density at radius 3 is 2.72 bits per heavy atom. The summed E-state index contributed by atoms with van der Waals surface area (Å²) in [5.74, 6) is -0.602. The molecule has 2 amide bonds. The van der Waals surface area contributed by atoms with Crippen molar-refractivity contribution in [3.8, 4) is 5.75 Å². The first-order valence-electron chi connectivity index (χ1n) is 9.60. The molecule has 29 heavy (non-hydrogen) atoms. The number of hydrogen-bond acceptors (Lipinski definition) is 6. The monoisotopic (exact) mass is 425 g/mol. The number of nitrogens with zero attached hydrogens (tertiary/aromatic N) is 2. The lowest BCUT2D eigenvalue weighted by Crippen LogP contribution is -2.44. The molecule has 0 aromatic heterocycles. The van der Waals surface area contributed by atoms with E-state index in [1.165, 1.54) is 11.4 Å². The lowest BCUT2D eigenvalue weighted by Gasteiger charge is -2.26. The molecule has 1 unspecified atom stereocenters. The molecule has 1 N–H and O–H groups in total. The lowest BCUT2D eigenvalue weighted by atomic mass is 10.1. The second-order valence-corrected chi connectivity index (χ2v) is 9.29. The molecule has 0 saturated carbocycles. The van der Waals surface area contributed by atoms with Gasteiger partial charge < -0.3 is 19.7 Å². The van der Waals surface area contributed by atoms with Crippen LogP contribution < -0.4 is 15.0 Å². The van der Waals surface area contributed by atoms with Crippen LogP contribution in [0.3, 0.4) is 0 Å². The average Bonchev–Trinajstić information content (AvgIpc) is 3.10. The number of ether oxygens (including phenoxy) is 2. The highest BCUT2D eigenvalue weighted by atomic mass is 32.2. The van der Waals surface area contributed by atoms with Crippen molar-refractivity contribution >= 4 is 27.5 Å². The minimum atomic E-state index is -3.44. The number of anilines is 1. The molecular weight excluding hydrogens is 398 g/mol. The van der Waals surface area contributed by atoms with Gasteiger partial charge in [0.1, 0.15) is 5.75 Å². The molecule has 2 aliphatic rings. The summed E-state index contributed by atoms with van der Waals surface area (Å²) in [6.07, 6.45) is 0.0825. The Labute approximate surface area is 171 Å². The molecule has 1 aromatic carbocycles. The number of aryl methyl sites for hydroxylation is 1. The molecule has 10 heteroatoms. The Morgan fingerprint density at radius 1 is 1.31 bits per heavy atom. The van der Waals surface area contributed by atoms with Crippen LogP contribution in [0.2, 0.25) is 0 Å². The number of hydrogen-bond donors (Lipinski definition) is 1. The quantitative estimate of drug-likeness (QED) is 0.666. The summed E-state index contributed by atoms with van der Waals surface area (Å²) in [6, 6.07) is 5.54.